The summed E-state index contributed by atoms with van der Waals surface area (Å²) in [6.07, 6.45) is 10.2. The molecule has 0 radical (unpaired) electrons. The number of alkyl halides is 3. The Morgan fingerprint density at radius 2 is 2.05 bits per heavy atom. The second-order valence-electron chi connectivity index (χ2n) is 4.26. The third-order valence-electron chi connectivity index (χ3n) is 2.80. The number of aromatic nitrogens is 1. The maximum atomic E-state index is 12.8. The SMILES string of the molecule is C/C=C/c1ccn(C2=CC(C(F)(F)F)C=CC=C2)c1. The fourth-order valence-corrected chi connectivity index (χ4v) is 1.87. The van der Waals surface area contributed by atoms with Gasteiger partial charge in [0.2, 0.25) is 0 Å². The molecule has 4 heteroatoms. The Hall–Kier alpha value is -1.97. The Kier molecular flexibility index (Phi) is 3.79. The molecule has 1 nitrogen and oxygen atoms in total. The highest BCUT2D eigenvalue weighted by atomic mass is 19.4. The van der Waals surface area contributed by atoms with Crippen molar-refractivity contribution in [2.75, 3.05) is 0 Å². The van der Waals surface area contributed by atoms with E-state index in [-0.39, 0.29) is 0 Å². The highest BCUT2D eigenvalue weighted by Crippen LogP contribution is 2.31. The zero-order chi connectivity index (χ0) is 13.9. The first-order chi connectivity index (χ1) is 9.00. The van der Waals surface area contributed by atoms with Crippen LogP contribution < -0.4 is 0 Å². The van der Waals surface area contributed by atoms with Crippen molar-refractivity contribution in [3.63, 3.8) is 0 Å². The molecule has 0 fully saturated rings. The van der Waals surface area contributed by atoms with E-state index in [0.717, 1.165) is 11.6 Å². The Bertz CT molecular complexity index is 556. The van der Waals surface area contributed by atoms with Crippen molar-refractivity contribution in [1.82, 2.24) is 4.57 Å². The quantitative estimate of drug-likeness (QED) is 0.732. The summed E-state index contributed by atoms with van der Waals surface area (Å²) < 4.78 is 40.1. The number of rotatable bonds is 2. The molecule has 0 spiro atoms. The third-order valence-corrected chi connectivity index (χ3v) is 2.80. The van der Waals surface area contributed by atoms with Crippen LogP contribution in [0.3, 0.4) is 0 Å². The summed E-state index contributed by atoms with van der Waals surface area (Å²) in [4.78, 5) is 0. The summed E-state index contributed by atoms with van der Waals surface area (Å²) in [6.45, 7) is 1.89. The smallest absolute Gasteiger partial charge is 0.324 e. The molecule has 1 heterocycles. The second-order valence-corrected chi connectivity index (χ2v) is 4.26. The zero-order valence-electron chi connectivity index (χ0n) is 10.4. The van der Waals surface area contributed by atoms with E-state index >= 15 is 0 Å². The predicted octanol–water partition coefficient (Wildman–Crippen LogP) is 4.67. The van der Waals surface area contributed by atoms with Crippen molar-refractivity contribution in [3.05, 3.63) is 60.5 Å². The van der Waals surface area contributed by atoms with Crippen molar-refractivity contribution >= 4 is 11.8 Å². The Morgan fingerprint density at radius 3 is 2.74 bits per heavy atom. The normalized spacial score (nSPS) is 19.8. The molecule has 0 aromatic carbocycles. The van der Waals surface area contributed by atoms with Gasteiger partial charge in [-0.3, -0.25) is 0 Å². The average molecular weight is 265 g/mol. The van der Waals surface area contributed by atoms with Crippen LogP contribution in [0.4, 0.5) is 13.2 Å². The van der Waals surface area contributed by atoms with Crippen molar-refractivity contribution in [2.24, 2.45) is 5.92 Å². The maximum absolute atomic E-state index is 12.8. The molecule has 2 rings (SSSR count). The van der Waals surface area contributed by atoms with E-state index in [1.54, 1.807) is 29.1 Å². The van der Waals surface area contributed by atoms with Crippen LogP contribution in [0.5, 0.6) is 0 Å². The number of hydrogen-bond acceptors (Lipinski definition) is 0. The monoisotopic (exact) mass is 265 g/mol. The molecule has 100 valence electrons. The summed E-state index contributed by atoms with van der Waals surface area (Å²) in [7, 11) is 0. The molecule has 1 unspecified atom stereocenters. The molecule has 0 N–H and O–H groups in total. The molecule has 1 atom stereocenters. The number of allylic oxidation sites excluding steroid dienone is 7. The molecule has 1 aliphatic rings. The largest absolute Gasteiger partial charge is 0.398 e. The molecular formula is C15H14F3N. The van der Waals surface area contributed by atoms with Gasteiger partial charge in [0.1, 0.15) is 0 Å². The summed E-state index contributed by atoms with van der Waals surface area (Å²) in [5, 5.41) is 0. The van der Waals surface area contributed by atoms with Gasteiger partial charge in [-0.05, 0) is 30.7 Å². The lowest BCUT2D eigenvalue weighted by atomic mass is 10.1. The molecule has 0 bridgehead atoms. The molecule has 0 aliphatic heterocycles. The van der Waals surface area contributed by atoms with Crippen LogP contribution >= 0.6 is 0 Å². The van der Waals surface area contributed by atoms with Crippen LogP contribution in [-0.2, 0) is 0 Å². The van der Waals surface area contributed by atoms with Crippen LogP contribution in [0.25, 0.3) is 11.8 Å². The number of halogens is 3. The molecule has 1 aromatic rings. The molecular weight excluding hydrogens is 251 g/mol. The molecule has 0 saturated carbocycles. The van der Waals surface area contributed by atoms with Gasteiger partial charge >= 0.3 is 6.18 Å². The van der Waals surface area contributed by atoms with Crippen LogP contribution in [0.15, 0.2) is 54.9 Å². The predicted molar refractivity (Wildman–Crippen MR) is 71.2 cm³/mol. The maximum Gasteiger partial charge on any atom is 0.398 e. The van der Waals surface area contributed by atoms with Crippen LogP contribution in [0.1, 0.15) is 12.5 Å². The first-order valence-electron chi connectivity index (χ1n) is 5.95. The highest BCUT2D eigenvalue weighted by Gasteiger charge is 2.36. The van der Waals surface area contributed by atoms with Crippen LogP contribution in [0.2, 0.25) is 0 Å². The fourth-order valence-electron chi connectivity index (χ4n) is 1.87. The summed E-state index contributed by atoms with van der Waals surface area (Å²) >= 11 is 0. The lowest BCUT2D eigenvalue weighted by Gasteiger charge is -2.13. The van der Waals surface area contributed by atoms with Gasteiger partial charge < -0.3 is 4.57 Å². The van der Waals surface area contributed by atoms with Gasteiger partial charge in [-0.2, -0.15) is 13.2 Å². The van der Waals surface area contributed by atoms with Gasteiger partial charge in [0.25, 0.3) is 0 Å². The molecule has 1 aromatic heterocycles. The average Bonchev–Trinajstić information content (AvgIpc) is 2.64. The van der Waals surface area contributed by atoms with Crippen molar-refractivity contribution in [3.8, 4) is 0 Å². The van der Waals surface area contributed by atoms with E-state index in [9.17, 15) is 13.2 Å². The lowest BCUT2D eigenvalue weighted by Crippen LogP contribution is -2.19. The molecule has 19 heavy (non-hydrogen) atoms. The lowest BCUT2D eigenvalue weighted by molar-refractivity contribution is -0.148. The Morgan fingerprint density at radius 1 is 1.26 bits per heavy atom. The van der Waals surface area contributed by atoms with Crippen LogP contribution in [0, 0.1) is 5.92 Å². The van der Waals surface area contributed by atoms with Gasteiger partial charge in [-0.15, -0.1) is 0 Å². The topological polar surface area (TPSA) is 4.93 Å². The van der Waals surface area contributed by atoms with Crippen molar-refractivity contribution in [1.29, 1.82) is 0 Å². The minimum Gasteiger partial charge on any atom is -0.324 e. The molecule has 0 amide bonds. The first kappa shape index (κ1) is 13.5. The molecule has 0 saturated heterocycles. The van der Waals surface area contributed by atoms with Crippen molar-refractivity contribution < 1.29 is 13.2 Å². The van der Waals surface area contributed by atoms with Gasteiger partial charge in [0.05, 0.1) is 5.92 Å². The Labute approximate surface area is 110 Å². The second kappa shape index (κ2) is 5.34. The molecule has 1 aliphatic carbocycles. The van der Waals surface area contributed by atoms with Gasteiger partial charge in [0.15, 0.2) is 0 Å². The van der Waals surface area contributed by atoms with Crippen molar-refractivity contribution in [2.45, 2.75) is 13.1 Å². The Balaban J connectivity index is 2.34. The van der Waals surface area contributed by atoms with E-state index in [2.05, 4.69) is 0 Å². The van der Waals surface area contributed by atoms with Crippen LogP contribution in [-0.4, -0.2) is 10.7 Å². The summed E-state index contributed by atoms with van der Waals surface area (Å²) in [5.74, 6) is -1.55. The number of hydrogen-bond donors (Lipinski definition) is 0. The summed E-state index contributed by atoms with van der Waals surface area (Å²) in [5.41, 5.74) is 1.47. The minimum absolute atomic E-state index is 0.517. The summed E-state index contributed by atoms with van der Waals surface area (Å²) in [6, 6.07) is 1.86. The minimum atomic E-state index is -4.26. The van der Waals surface area contributed by atoms with E-state index in [1.165, 1.54) is 12.2 Å². The van der Waals surface area contributed by atoms with E-state index in [0.29, 0.717) is 5.70 Å². The van der Waals surface area contributed by atoms with Gasteiger partial charge in [0, 0.05) is 18.1 Å². The van der Waals surface area contributed by atoms with E-state index < -0.39 is 12.1 Å². The third kappa shape index (κ3) is 3.28. The number of nitrogens with zero attached hydrogens (tertiary/aromatic N) is 1. The van der Waals surface area contributed by atoms with E-state index in [1.807, 2.05) is 25.1 Å². The van der Waals surface area contributed by atoms with Gasteiger partial charge in [-0.25, -0.2) is 0 Å². The van der Waals surface area contributed by atoms with E-state index in [4.69, 9.17) is 0 Å². The zero-order valence-corrected chi connectivity index (χ0v) is 10.4. The fraction of sp³-hybridized carbons (Fsp3) is 0.200. The highest BCUT2D eigenvalue weighted by molar-refractivity contribution is 5.62. The standard InChI is InChI=1S/C15H14F3N/c1-2-5-12-8-9-19(11-12)14-7-4-3-6-13(10-14)15(16,17)18/h2-11,13H,1H3/b5-2+. The first-order valence-corrected chi connectivity index (χ1v) is 5.95. The van der Waals surface area contributed by atoms with Gasteiger partial charge in [-0.1, -0.05) is 30.4 Å².